The van der Waals surface area contributed by atoms with Gasteiger partial charge in [-0.25, -0.2) is 4.79 Å². The van der Waals surface area contributed by atoms with E-state index in [1.165, 1.54) is 24.1 Å². The van der Waals surface area contributed by atoms with Crippen LogP contribution in [0, 0.1) is 0 Å². The zero-order chi connectivity index (χ0) is 14.4. The molecule has 104 valence electrons. The monoisotopic (exact) mass is 269 g/mol. The first kappa shape index (κ1) is 14.7. The molecule has 0 saturated carbocycles. The van der Waals surface area contributed by atoms with E-state index in [1.54, 1.807) is 7.05 Å². The summed E-state index contributed by atoms with van der Waals surface area (Å²) >= 11 is 0. The standard InChI is InChI=1S/C11H15N3O5/c1-14-8(5-6-12-14)10(16)13-7(11(17)18)3-4-9(15)19-2/h5-7H,3-4H2,1-2H3,(H,13,16)(H,17,18). The van der Waals surface area contributed by atoms with Gasteiger partial charge in [0.05, 0.1) is 7.11 Å². The molecule has 1 heterocycles. The summed E-state index contributed by atoms with van der Waals surface area (Å²) in [7, 11) is 2.78. The molecule has 1 unspecified atom stereocenters. The Bertz CT molecular complexity index is 482. The SMILES string of the molecule is COC(=O)CCC(NC(=O)c1ccnn1C)C(=O)O. The van der Waals surface area contributed by atoms with Gasteiger partial charge in [-0.2, -0.15) is 5.10 Å². The lowest BCUT2D eigenvalue weighted by Crippen LogP contribution is -2.41. The Kier molecular flexibility index (Phi) is 5.04. The van der Waals surface area contributed by atoms with Gasteiger partial charge in [0.15, 0.2) is 0 Å². The fourth-order valence-corrected chi connectivity index (χ4v) is 1.45. The minimum Gasteiger partial charge on any atom is -0.480 e. The number of hydrogen-bond donors (Lipinski definition) is 2. The second-order valence-corrected chi connectivity index (χ2v) is 3.82. The highest BCUT2D eigenvalue weighted by Crippen LogP contribution is 2.03. The van der Waals surface area contributed by atoms with Gasteiger partial charge in [-0.15, -0.1) is 0 Å². The van der Waals surface area contributed by atoms with Crippen LogP contribution in [-0.4, -0.2) is 45.9 Å². The van der Waals surface area contributed by atoms with Crippen LogP contribution in [-0.2, 0) is 21.4 Å². The van der Waals surface area contributed by atoms with Crippen molar-refractivity contribution >= 4 is 17.8 Å². The number of amides is 1. The Morgan fingerprint density at radius 1 is 1.53 bits per heavy atom. The molecule has 1 aromatic heterocycles. The van der Waals surface area contributed by atoms with Crippen LogP contribution in [0.5, 0.6) is 0 Å². The van der Waals surface area contributed by atoms with Gasteiger partial charge in [0.1, 0.15) is 11.7 Å². The number of nitrogens with zero attached hydrogens (tertiary/aromatic N) is 2. The van der Waals surface area contributed by atoms with Crippen LogP contribution in [0.1, 0.15) is 23.3 Å². The Balaban J connectivity index is 2.64. The minimum absolute atomic E-state index is 0.0361. The molecule has 2 N–H and O–H groups in total. The van der Waals surface area contributed by atoms with E-state index in [-0.39, 0.29) is 18.5 Å². The molecule has 1 atom stereocenters. The number of esters is 1. The van der Waals surface area contributed by atoms with Gasteiger partial charge in [0.25, 0.3) is 5.91 Å². The Labute approximate surface area is 109 Å². The Hall–Kier alpha value is -2.38. The maximum atomic E-state index is 11.8. The first-order chi connectivity index (χ1) is 8.95. The molecule has 1 aromatic rings. The van der Waals surface area contributed by atoms with E-state index >= 15 is 0 Å². The summed E-state index contributed by atoms with van der Waals surface area (Å²) in [5.74, 6) is -2.29. The van der Waals surface area contributed by atoms with Crippen molar-refractivity contribution in [3.8, 4) is 0 Å². The third kappa shape index (κ3) is 4.09. The highest BCUT2D eigenvalue weighted by Gasteiger charge is 2.22. The number of carbonyl (C=O) groups is 3. The van der Waals surface area contributed by atoms with Crippen molar-refractivity contribution in [2.75, 3.05) is 7.11 Å². The number of rotatable bonds is 6. The van der Waals surface area contributed by atoms with Crippen molar-refractivity contribution < 1.29 is 24.2 Å². The van der Waals surface area contributed by atoms with Crippen LogP contribution in [0.25, 0.3) is 0 Å². The number of carboxylic acids is 1. The number of hydrogen-bond acceptors (Lipinski definition) is 5. The van der Waals surface area contributed by atoms with Gasteiger partial charge in [-0.3, -0.25) is 14.3 Å². The van der Waals surface area contributed by atoms with Crippen molar-refractivity contribution in [1.29, 1.82) is 0 Å². The molecule has 0 aliphatic rings. The van der Waals surface area contributed by atoms with Crippen LogP contribution in [0.15, 0.2) is 12.3 Å². The van der Waals surface area contributed by atoms with E-state index < -0.39 is 23.9 Å². The van der Waals surface area contributed by atoms with Gasteiger partial charge in [0.2, 0.25) is 0 Å². The van der Waals surface area contributed by atoms with E-state index in [9.17, 15) is 14.4 Å². The van der Waals surface area contributed by atoms with Crippen LogP contribution in [0.3, 0.4) is 0 Å². The zero-order valence-electron chi connectivity index (χ0n) is 10.6. The maximum absolute atomic E-state index is 11.8. The molecule has 0 spiro atoms. The molecule has 0 aliphatic carbocycles. The number of nitrogens with one attached hydrogen (secondary N) is 1. The molecule has 0 saturated heterocycles. The van der Waals surface area contributed by atoms with Gasteiger partial charge in [-0.05, 0) is 12.5 Å². The van der Waals surface area contributed by atoms with Gasteiger partial charge in [0, 0.05) is 19.7 Å². The van der Waals surface area contributed by atoms with E-state index in [4.69, 9.17) is 5.11 Å². The number of aliphatic carboxylic acids is 1. The summed E-state index contributed by atoms with van der Waals surface area (Å²) in [6, 6.07) is 0.315. The highest BCUT2D eigenvalue weighted by molar-refractivity contribution is 5.95. The largest absolute Gasteiger partial charge is 0.480 e. The molecule has 0 bridgehead atoms. The van der Waals surface area contributed by atoms with Gasteiger partial charge in [-0.1, -0.05) is 0 Å². The predicted molar refractivity (Wildman–Crippen MR) is 63.3 cm³/mol. The summed E-state index contributed by atoms with van der Waals surface area (Å²) in [5.41, 5.74) is 0.240. The molecular formula is C11H15N3O5. The number of methoxy groups -OCH3 is 1. The summed E-state index contributed by atoms with van der Waals surface area (Å²) < 4.78 is 5.75. The van der Waals surface area contributed by atoms with E-state index in [1.807, 2.05) is 0 Å². The van der Waals surface area contributed by atoms with Crippen LogP contribution >= 0.6 is 0 Å². The average molecular weight is 269 g/mol. The third-order valence-electron chi connectivity index (χ3n) is 2.52. The molecule has 0 fully saturated rings. The highest BCUT2D eigenvalue weighted by atomic mass is 16.5. The fraction of sp³-hybridized carbons (Fsp3) is 0.455. The van der Waals surface area contributed by atoms with Crippen molar-refractivity contribution in [2.45, 2.75) is 18.9 Å². The lowest BCUT2D eigenvalue weighted by molar-refractivity contribution is -0.142. The normalized spacial score (nSPS) is 11.7. The van der Waals surface area contributed by atoms with E-state index in [2.05, 4.69) is 15.2 Å². The predicted octanol–water partition coefficient (Wildman–Crippen LogP) is -0.444. The average Bonchev–Trinajstić information content (AvgIpc) is 2.79. The first-order valence-electron chi connectivity index (χ1n) is 5.54. The first-order valence-corrected chi connectivity index (χ1v) is 5.54. The van der Waals surface area contributed by atoms with Crippen molar-refractivity contribution in [2.24, 2.45) is 7.05 Å². The molecule has 1 amide bonds. The second-order valence-electron chi connectivity index (χ2n) is 3.82. The van der Waals surface area contributed by atoms with E-state index in [0.29, 0.717) is 0 Å². The number of aromatic nitrogens is 2. The third-order valence-corrected chi connectivity index (χ3v) is 2.52. The van der Waals surface area contributed by atoms with Crippen molar-refractivity contribution in [3.63, 3.8) is 0 Å². The molecule has 19 heavy (non-hydrogen) atoms. The summed E-state index contributed by atoms with van der Waals surface area (Å²) in [6.45, 7) is 0. The number of carbonyl (C=O) groups excluding carboxylic acids is 2. The van der Waals surface area contributed by atoms with Crippen molar-refractivity contribution in [3.05, 3.63) is 18.0 Å². The lowest BCUT2D eigenvalue weighted by Gasteiger charge is -2.13. The smallest absolute Gasteiger partial charge is 0.326 e. The maximum Gasteiger partial charge on any atom is 0.326 e. The molecule has 0 radical (unpaired) electrons. The zero-order valence-corrected chi connectivity index (χ0v) is 10.6. The van der Waals surface area contributed by atoms with Gasteiger partial charge < -0.3 is 15.2 Å². The Morgan fingerprint density at radius 3 is 2.68 bits per heavy atom. The van der Waals surface area contributed by atoms with Crippen LogP contribution < -0.4 is 5.32 Å². The minimum atomic E-state index is -1.21. The quantitative estimate of drug-likeness (QED) is 0.677. The molecule has 8 nitrogen and oxygen atoms in total. The topological polar surface area (TPSA) is 111 Å². The lowest BCUT2D eigenvalue weighted by atomic mass is 10.1. The molecule has 8 heteroatoms. The number of ether oxygens (including phenoxy) is 1. The molecular weight excluding hydrogens is 254 g/mol. The fourth-order valence-electron chi connectivity index (χ4n) is 1.45. The van der Waals surface area contributed by atoms with Crippen molar-refractivity contribution in [1.82, 2.24) is 15.1 Å². The van der Waals surface area contributed by atoms with Gasteiger partial charge >= 0.3 is 11.9 Å². The van der Waals surface area contributed by atoms with Crippen LogP contribution in [0.2, 0.25) is 0 Å². The Morgan fingerprint density at radius 2 is 2.21 bits per heavy atom. The molecule has 0 aromatic carbocycles. The summed E-state index contributed by atoms with van der Waals surface area (Å²) in [5, 5.41) is 15.1. The molecule has 1 rings (SSSR count). The summed E-state index contributed by atoms with van der Waals surface area (Å²) in [6.07, 6.45) is 1.31. The molecule has 0 aliphatic heterocycles. The second kappa shape index (κ2) is 6.53. The van der Waals surface area contributed by atoms with E-state index in [0.717, 1.165) is 0 Å². The summed E-state index contributed by atoms with van der Waals surface area (Å²) in [4.78, 5) is 33.8. The van der Waals surface area contributed by atoms with Crippen LogP contribution in [0.4, 0.5) is 0 Å². The number of aryl methyl sites for hydroxylation is 1. The number of carboxylic acid groups (broad SMARTS) is 1.